The quantitative estimate of drug-likeness (QED) is 0.875. The number of halogens is 1. The minimum atomic E-state index is 0.0635. The van der Waals surface area contributed by atoms with Crippen LogP contribution >= 0.6 is 27.3 Å². The Kier molecular flexibility index (Phi) is 5.18. The van der Waals surface area contributed by atoms with E-state index in [1.807, 2.05) is 25.2 Å². The van der Waals surface area contributed by atoms with Gasteiger partial charge in [-0.1, -0.05) is 59.3 Å². The van der Waals surface area contributed by atoms with Gasteiger partial charge in [-0.15, -0.1) is 0 Å². The number of aromatic nitrogens is 1. The summed E-state index contributed by atoms with van der Waals surface area (Å²) in [5, 5.41) is 10.4. The SMILES string of the molecule is CC(C)c1nc(N(C)Cc2ccccc2Br)sc1CO. The molecule has 0 spiro atoms. The zero-order valence-electron chi connectivity index (χ0n) is 11.9. The van der Waals surface area contributed by atoms with Gasteiger partial charge in [0.05, 0.1) is 17.2 Å². The Balaban J connectivity index is 2.21. The van der Waals surface area contributed by atoms with Crippen molar-refractivity contribution in [1.82, 2.24) is 4.98 Å². The Hall–Kier alpha value is -0.910. The fraction of sp³-hybridized carbons (Fsp3) is 0.400. The Bertz CT molecular complexity index is 583. The summed E-state index contributed by atoms with van der Waals surface area (Å²) in [5.41, 5.74) is 2.23. The number of hydrogen-bond acceptors (Lipinski definition) is 4. The van der Waals surface area contributed by atoms with Gasteiger partial charge in [-0.05, 0) is 17.5 Å². The number of benzene rings is 1. The maximum Gasteiger partial charge on any atom is 0.185 e. The van der Waals surface area contributed by atoms with Crippen molar-refractivity contribution in [2.24, 2.45) is 0 Å². The molecule has 0 unspecified atom stereocenters. The molecular formula is C15H19BrN2OS. The standard InChI is InChI=1S/C15H19BrN2OS/c1-10(2)14-13(9-19)20-15(17-14)18(3)8-11-6-4-5-7-12(11)16/h4-7,10,19H,8-9H2,1-3H3. The van der Waals surface area contributed by atoms with Crippen LogP contribution in [0, 0.1) is 0 Å². The summed E-state index contributed by atoms with van der Waals surface area (Å²) in [5.74, 6) is 0.332. The molecule has 0 atom stereocenters. The number of hydrogen-bond donors (Lipinski definition) is 1. The van der Waals surface area contributed by atoms with Crippen LogP contribution in [0.15, 0.2) is 28.7 Å². The van der Waals surface area contributed by atoms with Gasteiger partial charge in [-0.3, -0.25) is 0 Å². The van der Waals surface area contributed by atoms with Gasteiger partial charge in [0.15, 0.2) is 5.13 Å². The van der Waals surface area contributed by atoms with Crippen LogP contribution in [0.25, 0.3) is 0 Å². The van der Waals surface area contributed by atoms with Gasteiger partial charge in [0.1, 0.15) is 0 Å². The molecule has 108 valence electrons. The molecule has 0 aliphatic heterocycles. The lowest BCUT2D eigenvalue weighted by atomic mass is 10.1. The van der Waals surface area contributed by atoms with Gasteiger partial charge in [0.25, 0.3) is 0 Å². The van der Waals surface area contributed by atoms with E-state index in [0.717, 1.165) is 26.7 Å². The van der Waals surface area contributed by atoms with E-state index in [4.69, 9.17) is 0 Å². The molecule has 2 rings (SSSR count). The Morgan fingerprint density at radius 2 is 2.05 bits per heavy atom. The molecule has 1 aromatic carbocycles. The van der Waals surface area contributed by atoms with Crippen molar-refractivity contribution in [2.45, 2.75) is 32.9 Å². The normalized spacial score (nSPS) is 11.1. The number of rotatable bonds is 5. The molecule has 0 amide bonds. The molecule has 0 fully saturated rings. The first-order valence-corrected chi connectivity index (χ1v) is 8.19. The number of aliphatic hydroxyl groups is 1. The van der Waals surface area contributed by atoms with E-state index in [0.29, 0.717) is 5.92 Å². The first kappa shape index (κ1) is 15.5. The first-order chi connectivity index (χ1) is 9.52. The van der Waals surface area contributed by atoms with Crippen LogP contribution in [0.3, 0.4) is 0 Å². The zero-order chi connectivity index (χ0) is 14.7. The van der Waals surface area contributed by atoms with Crippen LogP contribution in [0.4, 0.5) is 5.13 Å². The molecule has 1 heterocycles. The number of anilines is 1. The molecule has 0 saturated heterocycles. The highest BCUT2D eigenvalue weighted by molar-refractivity contribution is 9.10. The summed E-state index contributed by atoms with van der Waals surface area (Å²) in [6, 6.07) is 8.19. The number of thiazole rings is 1. The first-order valence-electron chi connectivity index (χ1n) is 6.58. The minimum absolute atomic E-state index is 0.0635. The Morgan fingerprint density at radius 3 is 2.60 bits per heavy atom. The molecule has 0 radical (unpaired) electrons. The summed E-state index contributed by atoms with van der Waals surface area (Å²) in [6.07, 6.45) is 0. The van der Waals surface area contributed by atoms with Crippen LogP contribution in [0.5, 0.6) is 0 Å². The largest absolute Gasteiger partial charge is 0.391 e. The third-order valence-electron chi connectivity index (χ3n) is 3.10. The molecule has 0 saturated carbocycles. The molecule has 0 aliphatic rings. The van der Waals surface area contributed by atoms with E-state index in [-0.39, 0.29) is 6.61 Å². The van der Waals surface area contributed by atoms with E-state index in [9.17, 15) is 5.11 Å². The predicted octanol–water partition coefficient (Wildman–Crippen LogP) is 4.16. The fourth-order valence-corrected chi connectivity index (χ4v) is 3.47. The molecule has 0 aliphatic carbocycles. The summed E-state index contributed by atoms with van der Waals surface area (Å²) in [7, 11) is 2.03. The van der Waals surface area contributed by atoms with Crippen molar-refractivity contribution in [2.75, 3.05) is 11.9 Å². The summed E-state index contributed by atoms with van der Waals surface area (Å²) >= 11 is 5.14. The smallest absolute Gasteiger partial charge is 0.185 e. The summed E-state index contributed by atoms with van der Waals surface area (Å²) in [4.78, 5) is 7.76. The van der Waals surface area contributed by atoms with E-state index in [2.05, 4.69) is 45.7 Å². The zero-order valence-corrected chi connectivity index (χ0v) is 14.3. The van der Waals surface area contributed by atoms with Crippen molar-refractivity contribution >= 4 is 32.4 Å². The highest BCUT2D eigenvalue weighted by Crippen LogP contribution is 2.31. The second-order valence-electron chi connectivity index (χ2n) is 5.07. The van der Waals surface area contributed by atoms with E-state index in [1.54, 1.807) is 11.3 Å². The third kappa shape index (κ3) is 3.40. The van der Waals surface area contributed by atoms with Gasteiger partial charge in [0, 0.05) is 18.1 Å². The maximum atomic E-state index is 9.44. The van der Waals surface area contributed by atoms with Gasteiger partial charge < -0.3 is 10.0 Å². The molecule has 3 nitrogen and oxygen atoms in total. The molecule has 0 bridgehead atoms. The molecule has 20 heavy (non-hydrogen) atoms. The van der Waals surface area contributed by atoms with Crippen molar-refractivity contribution in [1.29, 1.82) is 0 Å². The van der Waals surface area contributed by atoms with Crippen LogP contribution in [0.2, 0.25) is 0 Å². The molecular weight excluding hydrogens is 336 g/mol. The molecule has 2 aromatic rings. The minimum Gasteiger partial charge on any atom is -0.391 e. The van der Waals surface area contributed by atoms with Crippen molar-refractivity contribution in [3.63, 3.8) is 0 Å². The van der Waals surface area contributed by atoms with Gasteiger partial charge in [0.2, 0.25) is 0 Å². The van der Waals surface area contributed by atoms with Gasteiger partial charge in [-0.25, -0.2) is 4.98 Å². The summed E-state index contributed by atoms with van der Waals surface area (Å²) < 4.78 is 1.11. The highest BCUT2D eigenvalue weighted by Gasteiger charge is 2.16. The van der Waals surface area contributed by atoms with Crippen LogP contribution in [0.1, 0.15) is 35.9 Å². The Labute approximate surface area is 132 Å². The lowest BCUT2D eigenvalue weighted by molar-refractivity contribution is 0.283. The van der Waals surface area contributed by atoms with E-state index < -0.39 is 0 Å². The second-order valence-corrected chi connectivity index (χ2v) is 6.98. The second kappa shape index (κ2) is 6.70. The van der Waals surface area contributed by atoms with Crippen molar-refractivity contribution in [3.05, 3.63) is 44.9 Å². The number of nitrogens with zero attached hydrogens (tertiary/aromatic N) is 2. The van der Waals surface area contributed by atoms with Crippen LogP contribution in [-0.4, -0.2) is 17.1 Å². The van der Waals surface area contributed by atoms with Crippen molar-refractivity contribution < 1.29 is 5.11 Å². The Morgan fingerprint density at radius 1 is 1.35 bits per heavy atom. The molecule has 5 heteroatoms. The van der Waals surface area contributed by atoms with E-state index in [1.165, 1.54) is 5.56 Å². The van der Waals surface area contributed by atoms with Gasteiger partial charge >= 0.3 is 0 Å². The summed E-state index contributed by atoms with van der Waals surface area (Å²) in [6.45, 7) is 5.06. The topological polar surface area (TPSA) is 36.4 Å². The maximum absolute atomic E-state index is 9.44. The van der Waals surface area contributed by atoms with Crippen molar-refractivity contribution in [3.8, 4) is 0 Å². The van der Waals surface area contributed by atoms with Crippen LogP contribution < -0.4 is 4.90 Å². The fourth-order valence-electron chi connectivity index (χ4n) is 2.03. The average molecular weight is 355 g/mol. The predicted molar refractivity (Wildman–Crippen MR) is 88.4 cm³/mol. The van der Waals surface area contributed by atoms with Crippen LogP contribution in [-0.2, 0) is 13.2 Å². The number of aliphatic hydroxyl groups excluding tert-OH is 1. The highest BCUT2D eigenvalue weighted by atomic mass is 79.9. The third-order valence-corrected chi connectivity index (χ3v) is 5.04. The lowest BCUT2D eigenvalue weighted by Crippen LogP contribution is -2.16. The molecule has 1 aromatic heterocycles. The monoisotopic (exact) mass is 354 g/mol. The van der Waals surface area contributed by atoms with E-state index >= 15 is 0 Å². The van der Waals surface area contributed by atoms with Gasteiger partial charge in [-0.2, -0.15) is 0 Å². The molecule has 1 N–H and O–H groups in total. The average Bonchev–Trinajstić information content (AvgIpc) is 2.86. The lowest BCUT2D eigenvalue weighted by Gasteiger charge is -2.16.